The maximum absolute atomic E-state index is 12.7. The van der Waals surface area contributed by atoms with E-state index in [0.717, 1.165) is 25.8 Å². The average molecular weight is 351 g/mol. The second kappa shape index (κ2) is 7.23. The summed E-state index contributed by atoms with van der Waals surface area (Å²) in [6, 6.07) is 9.61. The van der Waals surface area contributed by atoms with Crippen LogP contribution in [0.2, 0.25) is 5.02 Å². The Morgan fingerprint density at radius 1 is 1.43 bits per heavy atom. The fourth-order valence-electron chi connectivity index (χ4n) is 2.49. The van der Waals surface area contributed by atoms with Gasteiger partial charge in [0.1, 0.15) is 5.75 Å². The number of amides is 2. The Labute approximate surface area is 145 Å². The molecule has 0 radical (unpaired) electrons. The summed E-state index contributed by atoms with van der Waals surface area (Å²) in [6.45, 7) is 0.722. The fraction of sp³-hybridized carbons (Fsp3) is 0.353. The maximum atomic E-state index is 12.7. The van der Waals surface area contributed by atoms with Gasteiger partial charge in [-0.25, -0.2) is 4.79 Å². The number of ether oxygens (including phenoxy) is 1. The molecule has 2 aromatic rings. The standard InChI is InChI=1S/C17H19ClN2O2S/c1-22-16-7-4-12(18)11-15(16)19-17(21)20(13-5-6-13)9-8-14-3-2-10-23-14/h2-4,7,10-11,13H,5-6,8-9H2,1H3,(H,19,21). The summed E-state index contributed by atoms with van der Waals surface area (Å²) >= 11 is 7.75. The lowest BCUT2D eigenvalue weighted by Gasteiger charge is -2.23. The van der Waals surface area contributed by atoms with E-state index < -0.39 is 0 Å². The first-order chi connectivity index (χ1) is 11.2. The van der Waals surface area contributed by atoms with Crippen molar-refractivity contribution >= 4 is 34.7 Å². The minimum atomic E-state index is -0.0929. The van der Waals surface area contributed by atoms with Crippen molar-refractivity contribution in [2.45, 2.75) is 25.3 Å². The number of carbonyl (C=O) groups excluding carboxylic acids is 1. The third-order valence-corrected chi connectivity index (χ3v) is 5.00. The van der Waals surface area contributed by atoms with Crippen LogP contribution in [0.25, 0.3) is 0 Å². The van der Waals surface area contributed by atoms with Gasteiger partial charge in [0.2, 0.25) is 0 Å². The summed E-state index contributed by atoms with van der Waals surface area (Å²) < 4.78 is 5.29. The van der Waals surface area contributed by atoms with Crippen molar-refractivity contribution in [2.75, 3.05) is 19.0 Å². The summed E-state index contributed by atoms with van der Waals surface area (Å²) in [5, 5.41) is 5.57. The van der Waals surface area contributed by atoms with E-state index in [1.165, 1.54) is 4.88 Å². The minimum absolute atomic E-state index is 0.0929. The normalized spacial score (nSPS) is 13.7. The van der Waals surface area contributed by atoms with Crippen molar-refractivity contribution in [1.29, 1.82) is 0 Å². The Kier molecular flexibility index (Phi) is 5.08. The van der Waals surface area contributed by atoms with Gasteiger partial charge in [-0.1, -0.05) is 17.7 Å². The van der Waals surface area contributed by atoms with Crippen molar-refractivity contribution in [3.05, 3.63) is 45.6 Å². The molecular weight excluding hydrogens is 332 g/mol. The van der Waals surface area contributed by atoms with E-state index in [-0.39, 0.29) is 6.03 Å². The topological polar surface area (TPSA) is 41.6 Å². The van der Waals surface area contributed by atoms with Crippen LogP contribution in [0.3, 0.4) is 0 Å². The molecule has 1 aliphatic rings. The number of benzene rings is 1. The third kappa shape index (κ3) is 4.18. The molecular formula is C17H19ClN2O2S. The summed E-state index contributed by atoms with van der Waals surface area (Å²) in [7, 11) is 1.58. The van der Waals surface area contributed by atoms with E-state index in [2.05, 4.69) is 16.8 Å². The molecule has 4 nitrogen and oxygen atoms in total. The molecule has 1 heterocycles. The smallest absolute Gasteiger partial charge is 0.322 e. The highest BCUT2D eigenvalue weighted by Crippen LogP contribution is 2.31. The lowest BCUT2D eigenvalue weighted by molar-refractivity contribution is 0.209. The van der Waals surface area contributed by atoms with Crippen LogP contribution in [-0.2, 0) is 6.42 Å². The van der Waals surface area contributed by atoms with Crippen LogP contribution in [0.1, 0.15) is 17.7 Å². The van der Waals surface area contributed by atoms with Gasteiger partial charge >= 0.3 is 6.03 Å². The fourth-order valence-corrected chi connectivity index (χ4v) is 3.36. The van der Waals surface area contributed by atoms with Crippen LogP contribution >= 0.6 is 22.9 Å². The van der Waals surface area contributed by atoms with Crippen LogP contribution in [0.15, 0.2) is 35.7 Å². The van der Waals surface area contributed by atoms with Crippen LogP contribution in [0, 0.1) is 0 Å². The molecule has 0 unspecified atom stereocenters. The number of rotatable bonds is 6. The Morgan fingerprint density at radius 3 is 2.91 bits per heavy atom. The molecule has 1 aliphatic carbocycles. The number of methoxy groups -OCH3 is 1. The van der Waals surface area contributed by atoms with Crippen LogP contribution in [-0.4, -0.2) is 30.6 Å². The van der Waals surface area contributed by atoms with Gasteiger partial charge in [0.05, 0.1) is 12.8 Å². The van der Waals surface area contributed by atoms with Gasteiger partial charge in [-0.2, -0.15) is 0 Å². The Balaban J connectivity index is 1.68. The Bertz CT molecular complexity index is 671. The molecule has 1 N–H and O–H groups in total. The molecule has 3 rings (SSSR count). The van der Waals surface area contributed by atoms with Gasteiger partial charge in [-0.3, -0.25) is 0 Å². The first-order valence-corrected chi connectivity index (χ1v) is 8.86. The molecule has 0 aliphatic heterocycles. The van der Waals surface area contributed by atoms with E-state index in [4.69, 9.17) is 16.3 Å². The number of thiophene rings is 1. The maximum Gasteiger partial charge on any atom is 0.322 e. The first-order valence-electron chi connectivity index (χ1n) is 7.61. The SMILES string of the molecule is COc1ccc(Cl)cc1NC(=O)N(CCc1cccs1)C1CC1. The number of nitrogens with one attached hydrogen (secondary N) is 1. The van der Waals surface area contributed by atoms with E-state index in [0.29, 0.717) is 22.5 Å². The predicted molar refractivity (Wildman–Crippen MR) is 94.8 cm³/mol. The second-order valence-corrected chi connectivity index (χ2v) is 7.00. The molecule has 122 valence electrons. The van der Waals surface area contributed by atoms with Gasteiger partial charge < -0.3 is 15.0 Å². The summed E-state index contributed by atoms with van der Waals surface area (Å²) in [5.74, 6) is 0.608. The molecule has 0 saturated heterocycles. The zero-order valence-electron chi connectivity index (χ0n) is 12.9. The molecule has 6 heteroatoms. The molecule has 0 bridgehead atoms. The molecule has 1 fully saturated rings. The van der Waals surface area contributed by atoms with Crippen LogP contribution < -0.4 is 10.1 Å². The van der Waals surface area contributed by atoms with Crippen LogP contribution in [0.5, 0.6) is 5.75 Å². The number of nitrogens with zero attached hydrogens (tertiary/aromatic N) is 1. The zero-order valence-corrected chi connectivity index (χ0v) is 14.5. The first kappa shape index (κ1) is 16.1. The second-order valence-electron chi connectivity index (χ2n) is 5.53. The number of halogens is 1. The summed E-state index contributed by atoms with van der Waals surface area (Å²) in [6.07, 6.45) is 3.03. The number of hydrogen-bond donors (Lipinski definition) is 1. The summed E-state index contributed by atoms with van der Waals surface area (Å²) in [5.41, 5.74) is 0.603. The van der Waals surface area contributed by atoms with Crippen molar-refractivity contribution in [3.63, 3.8) is 0 Å². The van der Waals surface area contributed by atoms with Gasteiger partial charge in [0, 0.05) is 22.5 Å². The van der Waals surface area contributed by atoms with Gasteiger partial charge in [0.15, 0.2) is 0 Å². The number of carbonyl (C=O) groups is 1. The van der Waals surface area contributed by atoms with Gasteiger partial charge in [-0.05, 0) is 48.9 Å². The van der Waals surface area contributed by atoms with Gasteiger partial charge in [0.25, 0.3) is 0 Å². The highest BCUT2D eigenvalue weighted by molar-refractivity contribution is 7.09. The number of urea groups is 1. The van der Waals surface area contributed by atoms with Crippen molar-refractivity contribution in [2.24, 2.45) is 0 Å². The Morgan fingerprint density at radius 2 is 2.26 bits per heavy atom. The number of anilines is 1. The van der Waals surface area contributed by atoms with Crippen molar-refractivity contribution in [3.8, 4) is 5.75 Å². The molecule has 23 heavy (non-hydrogen) atoms. The van der Waals surface area contributed by atoms with Gasteiger partial charge in [-0.15, -0.1) is 11.3 Å². The quantitative estimate of drug-likeness (QED) is 0.823. The lowest BCUT2D eigenvalue weighted by atomic mass is 10.3. The highest BCUT2D eigenvalue weighted by Gasteiger charge is 2.32. The molecule has 1 aromatic heterocycles. The zero-order chi connectivity index (χ0) is 16.2. The van der Waals surface area contributed by atoms with E-state index in [1.54, 1.807) is 36.6 Å². The van der Waals surface area contributed by atoms with Crippen LogP contribution in [0.4, 0.5) is 10.5 Å². The predicted octanol–water partition coefficient (Wildman–Crippen LogP) is 4.65. The largest absolute Gasteiger partial charge is 0.495 e. The third-order valence-electron chi connectivity index (χ3n) is 3.83. The van der Waals surface area contributed by atoms with Crippen molar-refractivity contribution < 1.29 is 9.53 Å². The average Bonchev–Trinajstić information content (AvgIpc) is 3.23. The lowest BCUT2D eigenvalue weighted by Crippen LogP contribution is -2.38. The van der Waals surface area contributed by atoms with E-state index >= 15 is 0 Å². The van der Waals surface area contributed by atoms with E-state index in [9.17, 15) is 4.79 Å². The van der Waals surface area contributed by atoms with Crippen molar-refractivity contribution in [1.82, 2.24) is 4.90 Å². The molecule has 0 spiro atoms. The molecule has 2 amide bonds. The highest BCUT2D eigenvalue weighted by atomic mass is 35.5. The molecule has 1 saturated carbocycles. The monoisotopic (exact) mass is 350 g/mol. The molecule has 1 aromatic carbocycles. The van der Waals surface area contributed by atoms with E-state index in [1.807, 2.05) is 11.0 Å². The minimum Gasteiger partial charge on any atom is -0.495 e. The number of hydrogen-bond acceptors (Lipinski definition) is 3. The Hall–Kier alpha value is -1.72. The summed E-state index contributed by atoms with van der Waals surface area (Å²) in [4.78, 5) is 15.9. The molecule has 0 atom stereocenters.